The van der Waals surface area contributed by atoms with Crippen molar-refractivity contribution in [2.45, 2.75) is 20.8 Å². The highest BCUT2D eigenvalue weighted by Gasteiger charge is 2.10. The third-order valence-corrected chi connectivity index (χ3v) is 2.84. The van der Waals surface area contributed by atoms with Crippen molar-refractivity contribution in [2.75, 3.05) is 18.0 Å². The number of carbonyl (C=O) groups excluding carboxylic acids is 1. The minimum Gasteiger partial charge on any atom is -0.367 e. The highest BCUT2D eigenvalue weighted by Crippen LogP contribution is 2.27. The molecule has 0 heterocycles. The van der Waals surface area contributed by atoms with Gasteiger partial charge in [-0.05, 0) is 39.0 Å². The van der Waals surface area contributed by atoms with E-state index >= 15 is 0 Å². The number of carbonyl (C=O) groups is 1. The molecule has 0 spiro atoms. The maximum absolute atomic E-state index is 11.2. The van der Waals surface area contributed by atoms with E-state index in [0.717, 1.165) is 24.4 Å². The number of likely N-dealkylation sites (N-methyl/N-ethyl adjacent to an activating group) is 1. The second-order valence-corrected chi connectivity index (χ2v) is 4.60. The van der Waals surface area contributed by atoms with Crippen LogP contribution in [0.2, 0.25) is 5.02 Å². The Bertz CT molecular complexity index is 440. The number of halogens is 1. The van der Waals surface area contributed by atoms with Crippen LogP contribution in [0.15, 0.2) is 30.4 Å². The van der Waals surface area contributed by atoms with E-state index < -0.39 is 0 Å². The monoisotopic (exact) mass is 251 g/mol. The third kappa shape index (κ3) is 3.60. The first-order valence-corrected chi connectivity index (χ1v) is 6.03. The van der Waals surface area contributed by atoms with Crippen LogP contribution in [0.5, 0.6) is 0 Å². The third-order valence-electron chi connectivity index (χ3n) is 2.54. The topological polar surface area (TPSA) is 20.3 Å². The van der Waals surface area contributed by atoms with Crippen molar-refractivity contribution in [3.63, 3.8) is 0 Å². The lowest BCUT2D eigenvalue weighted by Gasteiger charge is -2.24. The van der Waals surface area contributed by atoms with Crippen LogP contribution in [0.25, 0.3) is 0 Å². The molecule has 17 heavy (non-hydrogen) atoms. The van der Waals surface area contributed by atoms with E-state index in [2.05, 4.69) is 18.4 Å². The van der Waals surface area contributed by atoms with E-state index in [4.69, 9.17) is 11.6 Å². The van der Waals surface area contributed by atoms with E-state index in [1.165, 1.54) is 6.92 Å². The van der Waals surface area contributed by atoms with Gasteiger partial charge in [-0.15, -0.1) is 0 Å². The van der Waals surface area contributed by atoms with E-state index in [9.17, 15) is 4.79 Å². The Morgan fingerprint density at radius 2 is 2.06 bits per heavy atom. The molecule has 0 saturated carbocycles. The molecule has 0 N–H and O–H groups in total. The molecule has 0 amide bonds. The average Bonchev–Trinajstić information content (AvgIpc) is 2.25. The van der Waals surface area contributed by atoms with E-state index in [0.29, 0.717) is 10.6 Å². The molecule has 0 radical (unpaired) electrons. The molecule has 0 bridgehead atoms. The summed E-state index contributed by atoms with van der Waals surface area (Å²) in [6.07, 6.45) is 0. The molecule has 92 valence electrons. The van der Waals surface area contributed by atoms with Gasteiger partial charge in [0.15, 0.2) is 5.78 Å². The molecule has 0 aliphatic carbocycles. The fourth-order valence-corrected chi connectivity index (χ4v) is 1.98. The minimum atomic E-state index is 0.0291. The quantitative estimate of drug-likeness (QED) is 0.584. The molecule has 0 aliphatic rings. The fraction of sp³-hybridized carbons (Fsp3) is 0.357. The first-order chi connectivity index (χ1) is 7.95. The van der Waals surface area contributed by atoms with Crippen LogP contribution in [0.4, 0.5) is 5.69 Å². The van der Waals surface area contributed by atoms with Gasteiger partial charge < -0.3 is 4.90 Å². The van der Waals surface area contributed by atoms with Gasteiger partial charge in [-0.25, -0.2) is 0 Å². The molecule has 3 heteroatoms. The van der Waals surface area contributed by atoms with Gasteiger partial charge in [0.1, 0.15) is 0 Å². The number of nitrogens with zero attached hydrogens (tertiary/aromatic N) is 1. The molecule has 1 rings (SSSR count). The smallest absolute Gasteiger partial charge is 0.159 e. The normalized spacial score (nSPS) is 10.1. The second-order valence-electron chi connectivity index (χ2n) is 4.19. The Morgan fingerprint density at radius 3 is 2.47 bits per heavy atom. The highest BCUT2D eigenvalue weighted by molar-refractivity contribution is 6.33. The predicted molar refractivity (Wildman–Crippen MR) is 74.2 cm³/mol. The summed E-state index contributed by atoms with van der Waals surface area (Å²) in [5, 5.41) is 0.612. The lowest BCUT2D eigenvalue weighted by Crippen LogP contribution is -2.24. The summed E-state index contributed by atoms with van der Waals surface area (Å²) < 4.78 is 0. The summed E-state index contributed by atoms with van der Waals surface area (Å²) in [6, 6.07) is 5.43. The molecular formula is C14H18ClNO. The fourth-order valence-electron chi connectivity index (χ4n) is 1.68. The summed E-state index contributed by atoms with van der Waals surface area (Å²) in [6.45, 7) is 11.1. The molecule has 0 atom stereocenters. The Balaban J connectivity index is 3.04. The Labute approximate surface area is 108 Å². The van der Waals surface area contributed by atoms with Crippen molar-refractivity contribution >= 4 is 23.1 Å². The molecule has 0 fully saturated rings. The zero-order chi connectivity index (χ0) is 13.0. The van der Waals surface area contributed by atoms with Crippen LogP contribution in [-0.2, 0) is 0 Å². The molecule has 0 saturated heterocycles. The van der Waals surface area contributed by atoms with Crippen LogP contribution in [0.3, 0.4) is 0 Å². The standard InChI is InChI=1S/C14H18ClNO/c1-5-16(9-10(2)3)14-7-6-12(11(4)17)8-13(14)15/h6-8H,2,5,9H2,1,3-4H3. The summed E-state index contributed by atoms with van der Waals surface area (Å²) in [7, 11) is 0. The molecule has 0 aliphatic heterocycles. The predicted octanol–water partition coefficient (Wildman–Crippen LogP) is 3.95. The number of ketones is 1. The Morgan fingerprint density at radius 1 is 1.41 bits per heavy atom. The van der Waals surface area contributed by atoms with Crippen molar-refractivity contribution in [3.8, 4) is 0 Å². The van der Waals surface area contributed by atoms with Crippen molar-refractivity contribution in [3.05, 3.63) is 40.9 Å². The van der Waals surface area contributed by atoms with Gasteiger partial charge in [-0.3, -0.25) is 4.79 Å². The van der Waals surface area contributed by atoms with Crippen LogP contribution in [0.1, 0.15) is 31.1 Å². The van der Waals surface area contributed by atoms with Crippen LogP contribution in [-0.4, -0.2) is 18.9 Å². The van der Waals surface area contributed by atoms with E-state index in [1.54, 1.807) is 6.07 Å². The lowest BCUT2D eigenvalue weighted by atomic mass is 10.1. The minimum absolute atomic E-state index is 0.0291. The number of rotatable bonds is 5. The molecule has 0 unspecified atom stereocenters. The molecule has 0 aromatic heterocycles. The van der Waals surface area contributed by atoms with Crippen molar-refractivity contribution < 1.29 is 4.79 Å². The van der Waals surface area contributed by atoms with Crippen molar-refractivity contribution in [1.29, 1.82) is 0 Å². The first kappa shape index (κ1) is 13.8. The Kier molecular flexibility index (Phi) is 4.76. The van der Waals surface area contributed by atoms with E-state index in [1.807, 2.05) is 19.1 Å². The summed E-state index contributed by atoms with van der Waals surface area (Å²) in [5.74, 6) is 0.0291. The summed E-state index contributed by atoms with van der Waals surface area (Å²) in [4.78, 5) is 13.4. The van der Waals surface area contributed by atoms with Gasteiger partial charge in [0, 0.05) is 18.7 Å². The average molecular weight is 252 g/mol. The lowest BCUT2D eigenvalue weighted by molar-refractivity contribution is 0.101. The van der Waals surface area contributed by atoms with Gasteiger partial charge >= 0.3 is 0 Å². The van der Waals surface area contributed by atoms with Crippen LogP contribution in [0, 0.1) is 0 Å². The maximum atomic E-state index is 11.2. The number of hydrogen-bond donors (Lipinski definition) is 0. The molecule has 1 aromatic rings. The van der Waals surface area contributed by atoms with Crippen molar-refractivity contribution in [2.24, 2.45) is 0 Å². The highest BCUT2D eigenvalue weighted by atomic mass is 35.5. The van der Waals surface area contributed by atoms with Gasteiger partial charge in [0.05, 0.1) is 10.7 Å². The number of benzene rings is 1. The largest absolute Gasteiger partial charge is 0.367 e. The van der Waals surface area contributed by atoms with E-state index in [-0.39, 0.29) is 5.78 Å². The number of hydrogen-bond acceptors (Lipinski definition) is 2. The maximum Gasteiger partial charge on any atom is 0.159 e. The van der Waals surface area contributed by atoms with Crippen molar-refractivity contribution in [1.82, 2.24) is 0 Å². The number of anilines is 1. The van der Waals surface area contributed by atoms with Gasteiger partial charge in [0.25, 0.3) is 0 Å². The zero-order valence-corrected chi connectivity index (χ0v) is 11.3. The van der Waals surface area contributed by atoms with Gasteiger partial charge in [0.2, 0.25) is 0 Å². The molecular weight excluding hydrogens is 234 g/mol. The Hall–Kier alpha value is -1.28. The molecule has 2 nitrogen and oxygen atoms in total. The SMILES string of the molecule is C=C(C)CN(CC)c1ccc(C(C)=O)cc1Cl. The zero-order valence-electron chi connectivity index (χ0n) is 10.6. The van der Waals surface area contributed by atoms with Crippen LogP contribution < -0.4 is 4.90 Å². The first-order valence-electron chi connectivity index (χ1n) is 5.65. The molecule has 1 aromatic carbocycles. The van der Waals surface area contributed by atoms with Crippen LogP contribution >= 0.6 is 11.6 Å². The number of Topliss-reactive ketones (excluding diaryl/α,β-unsaturated/α-hetero) is 1. The summed E-state index contributed by atoms with van der Waals surface area (Å²) >= 11 is 6.21. The second kappa shape index (κ2) is 5.87. The summed E-state index contributed by atoms with van der Waals surface area (Å²) in [5.41, 5.74) is 2.67. The van der Waals surface area contributed by atoms with Gasteiger partial charge in [-0.2, -0.15) is 0 Å². The van der Waals surface area contributed by atoms with Gasteiger partial charge in [-0.1, -0.05) is 23.8 Å².